The summed E-state index contributed by atoms with van der Waals surface area (Å²) in [7, 11) is -3.67. The van der Waals surface area contributed by atoms with Gasteiger partial charge in [-0.1, -0.05) is 44.2 Å². The second-order valence-corrected chi connectivity index (χ2v) is 6.84. The molecule has 1 aliphatic rings. The molecule has 0 aliphatic carbocycles. The van der Waals surface area contributed by atoms with Crippen LogP contribution in [0, 0.1) is 5.41 Å². The van der Waals surface area contributed by atoms with E-state index in [1.165, 1.54) is 0 Å². The first kappa shape index (κ1) is 14.4. The Balaban J connectivity index is 2.15. The van der Waals surface area contributed by atoms with E-state index in [-0.39, 0.29) is 5.41 Å². The van der Waals surface area contributed by atoms with E-state index in [2.05, 4.69) is 0 Å². The van der Waals surface area contributed by atoms with Crippen LogP contribution < -0.4 is 0 Å². The Labute approximate surface area is 113 Å². The molecule has 0 atom stereocenters. The van der Waals surface area contributed by atoms with Crippen molar-refractivity contribution in [1.82, 2.24) is 0 Å². The van der Waals surface area contributed by atoms with Gasteiger partial charge in [0.1, 0.15) is 0 Å². The van der Waals surface area contributed by atoms with Gasteiger partial charge in [0, 0.05) is 11.0 Å². The molecule has 0 radical (unpaired) electrons. The minimum Gasteiger partial charge on any atom is -0.302 e. The van der Waals surface area contributed by atoms with Crippen molar-refractivity contribution in [3.8, 4) is 0 Å². The van der Waals surface area contributed by atoms with Gasteiger partial charge in [-0.3, -0.25) is 9.36 Å². The van der Waals surface area contributed by atoms with Gasteiger partial charge < -0.3 is 9.05 Å². The van der Waals surface area contributed by atoms with E-state index in [1.54, 1.807) is 30.3 Å². The molecule has 1 aromatic rings. The lowest BCUT2D eigenvalue weighted by molar-refractivity contribution is 0.0116. The maximum Gasteiger partial charge on any atom is 0.401 e. The number of hydrogen-bond acceptors (Lipinski definition) is 4. The molecule has 1 heterocycles. The molecule has 0 aromatic heterocycles. The maximum absolute atomic E-state index is 12.5. The minimum atomic E-state index is -3.67. The van der Waals surface area contributed by atoms with Crippen LogP contribution in [-0.2, 0) is 13.6 Å². The summed E-state index contributed by atoms with van der Waals surface area (Å²) in [5, 5.41) is 0. The maximum atomic E-state index is 12.5. The van der Waals surface area contributed by atoms with E-state index in [1.807, 2.05) is 13.8 Å². The van der Waals surface area contributed by atoms with Crippen molar-refractivity contribution in [2.75, 3.05) is 13.2 Å². The highest BCUT2D eigenvalue weighted by Crippen LogP contribution is 2.57. The van der Waals surface area contributed by atoms with Gasteiger partial charge in [0.25, 0.3) is 5.52 Å². The van der Waals surface area contributed by atoms with E-state index in [0.717, 1.165) is 12.8 Å². The zero-order chi connectivity index (χ0) is 13.9. The molecule has 5 heteroatoms. The monoisotopic (exact) mass is 282 g/mol. The van der Waals surface area contributed by atoms with E-state index >= 15 is 0 Å². The number of rotatable bonds is 4. The van der Waals surface area contributed by atoms with Crippen LogP contribution in [0.2, 0.25) is 0 Å². The van der Waals surface area contributed by atoms with Gasteiger partial charge >= 0.3 is 7.60 Å². The molecule has 1 aliphatic heterocycles. The first-order chi connectivity index (χ1) is 9.05. The van der Waals surface area contributed by atoms with Gasteiger partial charge in [-0.15, -0.1) is 0 Å². The third kappa shape index (κ3) is 2.81. The fraction of sp³-hybridized carbons (Fsp3) is 0.500. The molecule has 0 unspecified atom stereocenters. The Kier molecular flexibility index (Phi) is 4.24. The zero-order valence-electron chi connectivity index (χ0n) is 11.3. The fourth-order valence-electron chi connectivity index (χ4n) is 2.04. The van der Waals surface area contributed by atoms with E-state index in [4.69, 9.17) is 9.05 Å². The summed E-state index contributed by atoms with van der Waals surface area (Å²) in [5.41, 5.74) is -0.300. The van der Waals surface area contributed by atoms with Crippen molar-refractivity contribution >= 4 is 13.1 Å². The number of carbonyl (C=O) groups excluding carboxylic acids is 1. The topological polar surface area (TPSA) is 52.6 Å². The molecular weight excluding hydrogens is 263 g/mol. The second-order valence-electron chi connectivity index (χ2n) is 4.92. The summed E-state index contributed by atoms with van der Waals surface area (Å²) in [6.45, 7) is 4.72. The molecule has 2 rings (SSSR count). The summed E-state index contributed by atoms with van der Waals surface area (Å²) < 4.78 is 23.2. The third-order valence-electron chi connectivity index (χ3n) is 3.85. The quantitative estimate of drug-likeness (QED) is 0.786. The van der Waals surface area contributed by atoms with Crippen molar-refractivity contribution in [1.29, 1.82) is 0 Å². The van der Waals surface area contributed by atoms with E-state index in [9.17, 15) is 9.36 Å². The van der Waals surface area contributed by atoms with Gasteiger partial charge in [-0.05, 0) is 12.8 Å². The van der Waals surface area contributed by atoms with Crippen LogP contribution in [0.15, 0.2) is 30.3 Å². The molecule has 19 heavy (non-hydrogen) atoms. The average Bonchev–Trinajstić information content (AvgIpc) is 2.49. The zero-order valence-corrected chi connectivity index (χ0v) is 12.2. The van der Waals surface area contributed by atoms with Crippen LogP contribution >= 0.6 is 7.60 Å². The van der Waals surface area contributed by atoms with Crippen LogP contribution in [0.25, 0.3) is 0 Å². The van der Waals surface area contributed by atoms with Crippen molar-refractivity contribution in [2.24, 2.45) is 5.41 Å². The highest BCUT2D eigenvalue weighted by Gasteiger charge is 2.45. The normalized spacial score (nSPS) is 20.9. The number of carbonyl (C=O) groups is 1. The fourth-order valence-corrected chi connectivity index (χ4v) is 3.70. The number of hydrogen-bond donors (Lipinski definition) is 0. The van der Waals surface area contributed by atoms with Crippen molar-refractivity contribution in [3.05, 3.63) is 35.9 Å². The average molecular weight is 282 g/mol. The molecule has 0 bridgehead atoms. The lowest BCUT2D eigenvalue weighted by Gasteiger charge is -2.37. The smallest absolute Gasteiger partial charge is 0.302 e. The lowest BCUT2D eigenvalue weighted by Crippen LogP contribution is -2.35. The highest BCUT2D eigenvalue weighted by atomic mass is 31.2. The van der Waals surface area contributed by atoms with Crippen molar-refractivity contribution in [2.45, 2.75) is 26.7 Å². The molecule has 1 saturated heterocycles. The standard InChI is InChI=1S/C14H19O4P/c1-3-14(4-2)10-17-19(16,18-11-14)13(15)12-8-6-5-7-9-12/h5-9H,3-4,10-11H2,1-2H3. The van der Waals surface area contributed by atoms with Gasteiger partial charge in [-0.2, -0.15) is 0 Å². The Hall–Kier alpha value is -0.960. The molecule has 1 fully saturated rings. The molecule has 0 spiro atoms. The van der Waals surface area contributed by atoms with Crippen LogP contribution in [0.1, 0.15) is 37.0 Å². The largest absolute Gasteiger partial charge is 0.401 e. The Bertz CT molecular complexity index is 479. The van der Waals surface area contributed by atoms with Gasteiger partial charge in [0.2, 0.25) is 0 Å². The molecular formula is C14H19O4P. The van der Waals surface area contributed by atoms with Gasteiger partial charge in [0.15, 0.2) is 0 Å². The van der Waals surface area contributed by atoms with Gasteiger partial charge in [0.05, 0.1) is 13.2 Å². The third-order valence-corrected chi connectivity index (χ3v) is 5.54. The molecule has 104 valence electrons. The summed E-state index contributed by atoms with van der Waals surface area (Å²) in [5.74, 6) is 0. The van der Waals surface area contributed by atoms with Crippen molar-refractivity contribution in [3.63, 3.8) is 0 Å². The van der Waals surface area contributed by atoms with Gasteiger partial charge in [-0.25, -0.2) is 0 Å². The molecule has 0 amide bonds. The second kappa shape index (κ2) is 5.58. The summed E-state index contributed by atoms with van der Waals surface area (Å²) in [6, 6.07) is 8.50. The van der Waals surface area contributed by atoms with Crippen LogP contribution in [0.4, 0.5) is 0 Å². The molecule has 4 nitrogen and oxygen atoms in total. The summed E-state index contributed by atoms with van der Waals surface area (Å²) in [4.78, 5) is 12.2. The molecule has 0 saturated carbocycles. The first-order valence-electron chi connectivity index (χ1n) is 6.54. The predicted molar refractivity (Wildman–Crippen MR) is 73.3 cm³/mol. The van der Waals surface area contributed by atoms with Crippen LogP contribution in [0.3, 0.4) is 0 Å². The Morgan fingerprint density at radius 3 is 2.16 bits per heavy atom. The SMILES string of the molecule is CCC1(CC)COP(=O)(C(=O)c2ccccc2)OC1. The van der Waals surface area contributed by atoms with Crippen LogP contribution in [0.5, 0.6) is 0 Å². The predicted octanol–water partition coefficient (Wildman–Crippen LogP) is 3.87. The minimum absolute atomic E-state index is 0.120. The summed E-state index contributed by atoms with van der Waals surface area (Å²) in [6.07, 6.45) is 1.76. The molecule has 0 N–H and O–H groups in total. The Morgan fingerprint density at radius 2 is 1.68 bits per heavy atom. The van der Waals surface area contributed by atoms with E-state index < -0.39 is 13.1 Å². The van der Waals surface area contributed by atoms with Crippen LogP contribution in [-0.4, -0.2) is 18.7 Å². The Morgan fingerprint density at radius 1 is 1.16 bits per heavy atom. The van der Waals surface area contributed by atoms with Crippen molar-refractivity contribution < 1.29 is 18.4 Å². The lowest BCUT2D eigenvalue weighted by atomic mass is 9.84. The first-order valence-corrected chi connectivity index (χ1v) is 8.08. The highest BCUT2D eigenvalue weighted by molar-refractivity contribution is 7.72. The van der Waals surface area contributed by atoms with E-state index in [0.29, 0.717) is 18.8 Å². The molecule has 1 aromatic carbocycles. The summed E-state index contributed by atoms with van der Waals surface area (Å²) >= 11 is 0. The number of benzene rings is 1.